The van der Waals surface area contributed by atoms with Gasteiger partial charge in [-0.2, -0.15) is 0 Å². The van der Waals surface area contributed by atoms with Crippen LogP contribution in [0.5, 0.6) is 0 Å². The van der Waals surface area contributed by atoms with Gasteiger partial charge in [-0.15, -0.1) is 0 Å². The lowest BCUT2D eigenvalue weighted by Gasteiger charge is -2.11. The summed E-state index contributed by atoms with van der Waals surface area (Å²) in [5, 5.41) is 1.23. The van der Waals surface area contributed by atoms with E-state index >= 15 is 0 Å². The molecule has 0 amide bonds. The molecule has 0 unspecified atom stereocenters. The van der Waals surface area contributed by atoms with Gasteiger partial charge in [0.1, 0.15) is 22.8 Å². The molecule has 5 heteroatoms. The second kappa shape index (κ2) is 6.26. The molecule has 0 saturated carbocycles. The summed E-state index contributed by atoms with van der Waals surface area (Å²) in [5.41, 5.74) is 5.47. The summed E-state index contributed by atoms with van der Waals surface area (Å²) in [7, 11) is 0. The van der Waals surface area contributed by atoms with E-state index in [-0.39, 0.29) is 5.82 Å². The number of fused-ring (bicyclic) bond motifs is 4. The fraction of sp³-hybridized carbons (Fsp3) is 0.0400. The normalized spacial score (nSPS) is 11.7. The molecule has 0 aliphatic carbocycles. The fourth-order valence-corrected chi connectivity index (χ4v) is 4.15. The van der Waals surface area contributed by atoms with Gasteiger partial charge in [-0.3, -0.25) is 9.55 Å². The summed E-state index contributed by atoms with van der Waals surface area (Å²) in [6, 6.07) is 22.6. The number of benzene rings is 3. The zero-order valence-corrected chi connectivity index (χ0v) is 16.1. The maximum Gasteiger partial charge on any atom is 0.149 e. The highest BCUT2D eigenvalue weighted by molar-refractivity contribution is 6.09. The van der Waals surface area contributed by atoms with E-state index in [0.29, 0.717) is 22.4 Å². The number of nitrogens with zero attached hydrogens (tertiary/aromatic N) is 3. The molecule has 0 fully saturated rings. The maximum atomic E-state index is 14.8. The van der Waals surface area contributed by atoms with Crippen molar-refractivity contribution in [2.45, 2.75) is 6.92 Å². The highest BCUT2D eigenvalue weighted by atomic mass is 19.1. The second-order valence-electron chi connectivity index (χ2n) is 7.27. The average molecular weight is 393 g/mol. The molecule has 6 rings (SSSR count). The molecule has 4 nitrogen and oxygen atoms in total. The number of pyridine rings is 1. The van der Waals surface area contributed by atoms with Crippen LogP contribution in [0, 0.1) is 12.7 Å². The van der Waals surface area contributed by atoms with Gasteiger partial charge < -0.3 is 4.42 Å². The van der Waals surface area contributed by atoms with E-state index in [1.165, 1.54) is 6.07 Å². The van der Waals surface area contributed by atoms with Crippen LogP contribution in [0.25, 0.3) is 50.0 Å². The van der Waals surface area contributed by atoms with Gasteiger partial charge in [0.15, 0.2) is 0 Å². The van der Waals surface area contributed by atoms with Crippen LogP contribution in [0.2, 0.25) is 0 Å². The first-order valence-electron chi connectivity index (χ1n) is 9.72. The van der Waals surface area contributed by atoms with Crippen molar-refractivity contribution in [3.05, 3.63) is 90.5 Å². The van der Waals surface area contributed by atoms with Crippen LogP contribution >= 0.6 is 0 Å². The molecule has 3 aromatic heterocycles. The first kappa shape index (κ1) is 16.9. The minimum atomic E-state index is -0.307. The topological polar surface area (TPSA) is 43.9 Å². The summed E-state index contributed by atoms with van der Waals surface area (Å²) in [5.74, 6) is 0.385. The lowest BCUT2D eigenvalue weighted by atomic mass is 10.1. The zero-order valence-electron chi connectivity index (χ0n) is 16.1. The maximum absolute atomic E-state index is 14.8. The van der Waals surface area contributed by atoms with Crippen LogP contribution in [0.4, 0.5) is 4.39 Å². The Balaban J connectivity index is 1.78. The monoisotopic (exact) mass is 393 g/mol. The molecule has 30 heavy (non-hydrogen) atoms. The molecule has 0 N–H and O–H groups in total. The SMILES string of the molecule is Cc1nccc2nc(-c3ccc(F)c4c3oc3ccccc34)n(-c3ccccc3)c12. The van der Waals surface area contributed by atoms with E-state index in [4.69, 9.17) is 9.40 Å². The number of aryl methyl sites for hydroxylation is 1. The third-order valence-electron chi connectivity index (χ3n) is 5.48. The number of hydrogen-bond acceptors (Lipinski definition) is 3. The van der Waals surface area contributed by atoms with Gasteiger partial charge in [0.2, 0.25) is 0 Å². The molecule has 0 bridgehead atoms. The molecule has 6 aromatic rings. The summed E-state index contributed by atoms with van der Waals surface area (Å²) in [6.07, 6.45) is 1.76. The van der Waals surface area contributed by atoms with Gasteiger partial charge in [-0.25, -0.2) is 9.37 Å². The lowest BCUT2D eigenvalue weighted by molar-refractivity contribution is 0.634. The van der Waals surface area contributed by atoms with Crippen molar-refractivity contribution < 1.29 is 8.81 Å². The summed E-state index contributed by atoms with van der Waals surface area (Å²) in [4.78, 5) is 9.38. The summed E-state index contributed by atoms with van der Waals surface area (Å²) < 4.78 is 23.0. The molecular formula is C25H16FN3O. The van der Waals surface area contributed by atoms with Crippen LogP contribution < -0.4 is 0 Å². The van der Waals surface area contributed by atoms with Gasteiger partial charge in [-0.1, -0.05) is 36.4 Å². The van der Waals surface area contributed by atoms with Crippen molar-refractivity contribution in [3.8, 4) is 17.1 Å². The van der Waals surface area contributed by atoms with Crippen LogP contribution in [0.3, 0.4) is 0 Å². The molecule has 0 spiro atoms. The van der Waals surface area contributed by atoms with Gasteiger partial charge in [0, 0.05) is 17.3 Å². The number of furan rings is 1. The number of imidazole rings is 1. The Kier molecular flexibility index (Phi) is 3.53. The zero-order chi connectivity index (χ0) is 20.2. The van der Waals surface area contributed by atoms with Crippen molar-refractivity contribution in [1.29, 1.82) is 0 Å². The van der Waals surface area contributed by atoms with Crippen molar-refractivity contribution in [2.24, 2.45) is 0 Å². The second-order valence-corrected chi connectivity index (χ2v) is 7.27. The lowest BCUT2D eigenvalue weighted by Crippen LogP contribution is -1.99. The molecule has 144 valence electrons. The number of halogens is 1. The standard InChI is InChI=1S/C25H16FN3O/c1-15-23-20(13-14-27-15)28-25(29(23)16-7-3-2-4-8-16)18-11-12-19(26)22-17-9-5-6-10-21(17)30-24(18)22/h2-14H,1H3. The molecule has 0 aliphatic rings. The molecule has 3 aromatic carbocycles. The van der Waals surface area contributed by atoms with E-state index in [1.54, 1.807) is 12.3 Å². The first-order valence-corrected chi connectivity index (χ1v) is 9.72. The first-order chi connectivity index (χ1) is 14.7. The predicted octanol–water partition coefficient (Wildman–Crippen LogP) is 6.43. The van der Waals surface area contributed by atoms with Gasteiger partial charge >= 0.3 is 0 Å². The minimum absolute atomic E-state index is 0.307. The van der Waals surface area contributed by atoms with E-state index in [9.17, 15) is 4.39 Å². The fourth-order valence-electron chi connectivity index (χ4n) is 4.15. The van der Waals surface area contributed by atoms with Crippen LogP contribution in [0.1, 0.15) is 5.69 Å². The Morgan fingerprint density at radius 1 is 0.900 bits per heavy atom. The van der Waals surface area contributed by atoms with E-state index in [0.717, 1.165) is 33.4 Å². The quantitative estimate of drug-likeness (QED) is 0.340. The minimum Gasteiger partial charge on any atom is -0.455 e. The van der Waals surface area contributed by atoms with Crippen molar-refractivity contribution >= 4 is 33.0 Å². The largest absolute Gasteiger partial charge is 0.455 e. The highest BCUT2D eigenvalue weighted by Crippen LogP contribution is 2.39. The third kappa shape index (κ3) is 2.32. The van der Waals surface area contributed by atoms with Gasteiger partial charge in [0.25, 0.3) is 0 Å². The van der Waals surface area contributed by atoms with E-state index < -0.39 is 0 Å². The van der Waals surface area contributed by atoms with Gasteiger partial charge in [-0.05, 0) is 43.3 Å². The molecular weight excluding hydrogens is 377 g/mol. The van der Waals surface area contributed by atoms with Gasteiger partial charge in [0.05, 0.1) is 27.7 Å². The molecule has 0 aliphatic heterocycles. The Hall–Kier alpha value is -3.99. The van der Waals surface area contributed by atoms with E-state index in [2.05, 4.69) is 9.55 Å². The Bertz CT molecular complexity index is 1560. The summed E-state index contributed by atoms with van der Waals surface area (Å²) >= 11 is 0. The highest BCUT2D eigenvalue weighted by Gasteiger charge is 2.22. The molecule has 0 saturated heterocycles. The molecule has 3 heterocycles. The van der Waals surface area contributed by atoms with E-state index in [1.807, 2.05) is 67.6 Å². The predicted molar refractivity (Wildman–Crippen MR) is 116 cm³/mol. The Morgan fingerprint density at radius 3 is 2.57 bits per heavy atom. The smallest absolute Gasteiger partial charge is 0.149 e. The van der Waals surface area contributed by atoms with Crippen LogP contribution in [0.15, 0.2) is 83.4 Å². The number of para-hydroxylation sites is 2. The third-order valence-corrected chi connectivity index (χ3v) is 5.48. The Morgan fingerprint density at radius 2 is 1.70 bits per heavy atom. The van der Waals surface area contributed by atoms with Crippen LogP contribution in [-0.2, 0) is 0 Å². The number of rotatable bonds is 2. The number of aromatic nitrogens is 3. The average Bonchev–Trinajstić information content (AvgIpc) is 3.35. The van der Waals surface area contributed by atoms with Crippen molar-refractivity contribution in [3.63, 3.8) is 0 Å². The Labute approximate surface area is 171 Å². The molecule has 0 radical (unpaired) electrons. The van der Waals surface area contributed by atoms with Crippen molar-refractivity contribution in [2.75, 3.05) is 0 Å². The van der Waals surface area contributed by atoms with Crippen molar-refractivity contribution in [1.82, 2.24) is 14.5 Å². The number of hydrogen-bond donors (Lipinski definition) is 0. The summed E-state index contributed by atoms with van der Waals surface area (Å²) in [6.45, 7) is 1.97. The molecule has 0 atom stereocenters. The van der Waals surface area contributed by atoms with Crippen LogP contribution in [-0.4, -0.2) is 14.5 Å².